The number of fused-ring (bicyclic) bond motifs is 5. The van der Waals surface area contributed by atoms with E-state index in [-0.39, 0.29) is 0 Å². The molecule has 3 aromatic carbocycles. The molecule has 0 amide bonds. The summed E-state index contributed by atoms with van der Waals surface area (Å²) in [4.78, 5) is 11.8. The number of carbonyl (C=O) groups is 1. The van der Waals surface area contributed by atoms with Crippen molar-refractivity contribution >= 4 is 27.3 Å². The van der Waals surface area contributed by atoms with Crippen molar-refractivity contribution in [1.82, 2.24) is 0 Å². The fraction of sp³-hybridized carbons (Fsp3) is 0.250. The lowest BCUT2D eigenvalue weighted by Crippen LogP contribution is -2.14. The van der Waals surface area contributed by atoms with Crippen LogP contribution in [0.15, 0.2) is 36.4 Å². The van der Waals surface area contributed by atoms with Crippen LogP contribution < -0.4 is 9.47 Å². The highest BCUT2D eigenvalue weighted by molar-refractivity contribution is 6.15. The molecule has 3 nitrogen and oxygen atoms in total. The summed E-state index contributed by atoms with van der Waals surface area (Å²) in [5.74, 6) is 1.84. The molecule has 0 fully saturated rings. The van der Waals surface area contributed by atoms with E-state index in [1.165, 1.54) is 5.56 Å². The topological polar surface area (TPSA) is 35.5 Å². The number of Topliss-reactive ketones (excluding diaryl/α,β-unsaturated/α-hetero) is 1. The Hall–Kier alpha value is -2.55. The summed E-state index contributed by atoms with van der Waals surface area (Å²) in [5.41, 5.74) is 2.34. The van der Waals surface area contributed by atoms with E-state index in [9.17, 15) is 4.79 Å². The van der Waals surface area contributed by atoms with Crippen LogP contribution in [0.1, 0.15) is 17.5 Å². The minimum Gasteiger partial charge on any atom is -0.492 e. The van der Waals surface area contributed by atoms with Crippen LogP contribution in [0.25, 0.3) is 21.5 Å². The first kappa shape index (κ1) is 14.1. The number of ether oxygens (including phenoxy) is 2. The zero-order chi connectivity index (χ0) is 16.0. The number of benzene rings is 3. The summed E-state index contributed by atoms with van der Waals surface area (Å²) in [7, 11) is 3.36. The van der Waals surface area contributed by atoms with E-state index in [1.54, 1.807) is 14.2 Å². The molecule has 0 heterocycles. The minimum absolute atomic E-state index is 0.309. The van der Waals surface area contributed by atoms with Crippen LogP contribution in [0.3, 0.4) is 0 Å². The van der Waals surface area contributed by atoms with Crippen molar-refractivity contribution in [3.05, 3.63) is 47.5 Å². The van der Waals surface area contributed by atoms with E-state index in [2.05, 4.69) is 24.3 Å². The molecule has 4 rings (SSSR count). The molecule has 0 N–H and O–H groups in total. The maximum absolute atomic E-state index is 11.8. The van der Waals surface area contributed by atoms with Crippen LogP contribution in [0.4, 0.5) is 0 Å². The second kappa shape index (κ2) is 5.27. The van der Waals surface area contributed by atoms with Crippen molar-refractivity contribution in [2.75, 3.05) is 14.2 Å². The highest BCUT2D eigenvalue weighted by atomic mass is 16.5. The maximum Gasteiger partial charge on any atom is 0.169 e. The van der Waals surface area contributed by atoms with E-state index in [0.717, 1.165) is 45.0 Å². The minimum atomic E-state index is 0.309. The number of ketones is 1. The summed E-state index contributed by atoms with van der Waals surface area (Å²) in [6.45, 7) is 0. The van der Waals surface area contributed by atoms with Gasteiger partial charge in [0.15, 0.2) is 11.5 Å². The number of aryl methyl sites for hydroxylation is 1. The summed E-state index contributed by atoms with van der Waals surface area (Å²) in [6, 6.07) is 12.4. The van der Waals surface area contributed by atoms with Crippen LogP contribution in [0, 0.1) is 0 Å². The smallest absolute Gasteiger partial charge is 0.169 e. The Balaban J connectivity index is 2.21. The Bertz CT molecular complexity index is 941. The average molecular weight is 306 g/mol. The van der Waals surface area contributed by atoms with Crippen LogP contribution in [-0.4, -0.2) is 20.0 Å². The van der Waals surface area contributed by atoms with Crippen LogP contribution >= 0.6 is 0 Å². The number of hydrogen-bond acceptors (Lipinski definition) is 3. The second-order valence-electron chi connectivity index (χ2n) is 5.95. The van der Waals surface area contributed by atoms with Crippen molar-refractivity contribution in [3.63, 3.8) is 0 Å². The van der Waals surface area contributed by atoms with Crippen LogP contribution in [-0.2, 0) is 17.6 Å². The molecule has 0 radical (unpaired) electrons. The Labute approximate surface area is 134 Å². The molecule has 3 aromatic rings. The van der Waals surface area contributed by atoms with Gasteiger partial charge >= 0.3 is 0 Å². The average Bonchev–Trinajstić information content (AvgIpc) is 2.59. The predicted octanol–water partition coefficient (Wildman–Crippen LogP) is 4.07. The van der Waals surface area contributed by atoms with E-state index >= 15 is 0 Å². The molecule has 0 aromatic heterocycles. The fourth-order valence-corrected chi connectivity index (χ4v) is 3.74. The highest BCUT2D eigenvalue weighted by Crippen LogP contribution is 2.46. The molecule has 0 saturated heterocycles. The van der Waals surface area contributed by atoms with Gasteiger partial charge in [-0.15, -0.1) is 0 Å². The SMILES string of the molecule is COc1c(OC)c2c3c(ccc2c2ccccc12)CC(=O)CC3. The summed E-state index contributed by atoms with van der Waals surface area (Å²) < 4.78 is 11.4. The normalized spacial score (nSPS) is 14.1. The third-order valence-corrected chi connectivity index (χ3v) is 4.75. The second-order valence-corrected chi connectivity index (χ2v) is 5.95. The number of carbonyl (C=O) groups excluding carboxylic acids is 1. The van der Waals surface area contributed by atoms with E-state index in [0.29, 0.717) is 18.6 Å². The Kier molecular flexibility index (Phi) is 3.22. The van der Waals surface area contributed by atoms with Gasteiger partial charge in [-0.05, 0) is 28.3 Å². The molecule has 0 saturated carbocycles. The van der Waals surface area contributed by atoms with Gasteiger partial charge in [-0.2, -0.15) is 0 Å². The van der Waals surface area contributed by atoms with Crippen molar-refractivity contribution in [2.45, 2.75) is 19.3 Å². The summed E-state index contributed by atoms with van der Waals surface area (Å²) >= 11 is 0. The molecule has 0 unspecified atom stereocenters. The van der Waals surface area contributed by atoms with E-state index in [4.69, 9.17) is 9.47 Å². The third kappa shape index (κ3) is 2.00. The largest absolute Gasteiger partial charge is 0.492 e. The first-order valence-electron chi connectivity index (χ1n) is 7.83. The first-order chi connectivity index (χ1) is 11.2. The van der Waals surface area contributed by atoms with E-state index in [1.807, 2.05) is 12.1 Å². The maximum atomic E-state index is 11.8. The van der Waals surface area contributed by atoms with Gasteiger partial charge in [0.25, 0.3) is 0 Å². The van der Waals surface area contributed by atoms with Crippen molar-refractivity contribution < 1.29 is 14.3 Å². The number of methoxy groups -OCH3 is 2. The van der Waals surface area contributed by atoms with Gasteiger partial charge < -0.3 is 9.47 Å². The summed E-state index contributed by atoms with van der Waals surface area (Å²) in [6.07, 6.45) is 1.89. The summed E-state index contributed by atoms with van der Waals surface area (Å²) in [5, 5.41) is 4.45. The highest BCUT2D eigenvalue weighted by Gasteiger charge is 2.23. The van der Waals surface area contributed by atoms with Gasteiger partial charge in [0.05, 0.1) is 14.2 Å². The molecule has 3 heteroatoms. The Morgan fingerprint density at radius 3 is 2.30 bits per heavy atom. The standard InChI is InChI=1S/C20H18O3/c1-22-19-17-6-4-3-5-15(17)16-9-7-12-11-13(21)8-10-14(12)18(16)20(19)23-2/h3-7,9H,8,10-11H2,1-2H3. The molecule has 0 bridgehead atoms. The molecule has 1 aliphatic carbocycles. The van der Waals surface area contributed by atoms with Gasteiger partial charge in [-0.25, -0.2) is 0 Å². The molecule has 23 heavy (non-hydrogen) atoms. The Morgan fingerprint density at radius 1 is 0.826 bits per heavy atom. The zero-order valence-corrected chi connectivity index (χ0v) is 13.3. The molecule has 0 spiro atoms. The van der Waals surface area contributed by atoms with Gasteiger partial charge in [0.2, 0.25) is 0 Å². The first-order valence-corrected chi connectivity index (χ1v) is 7.83. The van der Waals surface area contributed by atoms with Gasteiger partial charge in [-0.1, -0.05) is 36.4 Å². The lowest BCUT2D eigenvalue weighted by Gasteiger charge is -2.22. The zero-order valence-electron chi connectivity index (χ0n) is 13.3. The fourth-order valence-electron chi connectivity index (χ4n) is 3.74. The number of rotatable bonds is 2. The van der Waals surface area contributed by atoms with Gasteiger partial charge in [0.1, 0.15) is 5.78 Å². The number of hydrogen-bond donors (Lipinski definition) is 0. The lowest BCUT2D eigenvalue weighted by molar-refractivity contribution is -0.118. The molecule has 0 atom stereocenters. The van der Waals surface area contributed by atoms with Crippen LogP contribution in [0.5, 0.6) is 11.5 Å². The predicted molar refractivity (Wildman–Crippen MR) is 91.6 cm³/mol. The molecular weight excluding hydrogens is 288 g/mol. The van der Waals surface area contributed by atoms with Crippen LogP contribution in [0.2, 0.25) is 0 Å². The van der Waals surface area contributed by atoms with E-state index < -0.39 is 0 Å². The van der Waals surface area contributed by atoms with Crippen molar-refractivity contribution in [1.29, 1.82) is 0 Å². The van der Waals surface area contributed by atoms with Crippen molar-refractivity contribution in [3.8, 4) is 11.5 Å². The van der Waals surface area contributed by atoms with Gasteiger partial charge in [0, 0.05) is 23.6 Å². The van der Waals surface area contributed by atoms with Gasteiger partial charge in [-0.3, -0.25) is 4.79 Å². The monoisotopic (exact) mass is 306 g/mol. The Morgan fingerprint density at radius 2 is 1.57 bits per heavy atom. The molecule has 116 valence electrons. The molecule has 1 aliphatic rings. The lowest BCUT2D eigenvalue weighted by atomic mass is 9.85. The molecular formula is C20H18O3. The quantitative estimate of drug-likeness (QED) is 0.670. The van der Waals surface area contributed by atoms with Crippen molar-refractivity contribution in [2.24, 2.45) is 0 Å². The molecule has 0 aliphatic heterocycles. The third-order valence-electron chi connectivity index (χ3n) is 4.75.